The maximum absolute atomic E-state index is 14.3. The van der Waals surface area contributed by atoms with Crippen LogP contribution in [0, 0.1) is 5.82 Å². The van der Waals surface area contributed by atoms with Crippen LogP contribution in [0.1, 0.15) is 22.3 Å². The van der Waals surface area contributed by atoms with Crippen molar-refractivity contribution in [3.05, 3.63) is 101 Å². The molecule has 1 atom stereocenters. The van der Waals surface area contributed by atoms with Crippen LogP contribution in [0.3, 0.4) is 0 Å². The maximum Gasteiger partial charge on any atom is 0.417 e. The van der Waals surface area contributed by atoms with Crippen LogP contribution >= 0.6 is 0 Å². The molecule has 0 aliphatic carbocycles. The number of pyridine rings is 1. The molecule has 0 unspecified atom stereocenters. The normalized spacial score (nSPS) is 12.8. The topological polar surface area (TPSA) is 88.6 Å². The summed E-state index contributed by atoms with van der Waals surface area (Å²) in [4.78, 5) is 16.0. The second-order valence-electron chi connectivity index (χ2n) is 8.31. The Balaban J connectivity index is 1.73. The number of sulfonamides is 1. The molecule has 1 aromatic heterocycles. The lowest BCUT2D eigenvalue weighted by molar-refractivity contribution is -0.137. The maximum atomic E-state index is 14.3. The fourth-order valence-corrected chi connectivity index (χ4v) is 4.79. The van der Waals surface area contributed by atoms with Gasteiger partial charge in [0.2, 0.25) is 10.0 Å². The van der Waals surface area contributed by atoms with Gasteiger partial charge in [0.25, 0.3) is 0 Å². The fourth-order valence-electron chi connectivity index (χ4n) is 3.48. The van der Waals surface area contributed by atoms with Gasteiger partial charge in [-0.05, 0) is 35.2 Å². The zero-order valence-corrected chi connectivity index (χ0v) is 20.6. The molecule has 198 valence electrons. The molecule has 1 amide bonds. The number of alkyl halides is 3. The first kappa shape index (κ1) is 28.1. The number of halogens is 4. The van der Waals surface area contributed by atoms with Crippen molar-refractivity contribution >= 4 is 16.1 Å². The van der Waals surface area contributed by atoms with Crippen molar-refractivity contribution in [2.45, 2.75) is 31.8 Å². The minimum absolute atomic E-state index is 0.0294. The monoisotopic (exact) mass is 539 g/mol. The Kier molecular flexibility index (Phi) is 9.22. The van der Waals surface area contributed by atoms with Crippen LogP contribution in [0.25, 0.3) is 0 Å². The van der Waals surface area contributed by atoms with Crippen molar-refractivity contribution in [1.29, 1.82) is 0 Å². The summed E-state index contributed by atoms with van der Waals surface area (Å²) in [5, 5.41) is 2.47. The first-order valence-corrected chi connectivity index (χ1v) is 12.7. The van der Waals surface area contributed by atoms with Gasteiger partial charge >= 0.3 is 12.3 Å². The van der Waals surface area contributed by atoms with Crippen LogP contribution in [0.4, 0.5) is 22.4 Å². The summed E-state index contributed by atoms with van der Waals surface area (Å²) in [5.41, 5.74) is -0.0843. The zero-order valence-electron chi connectivity index (χ0n) is 19.8. The quantitative estimate of drug-likeness (QED) is 0.383. The van der Waals surface area contributed by atoms with Crippen LogP contribution in [0.5, 0.6) is 0 Å². The van der Waals surface area contributed by atoms with E-state index in [2.05, 4.69) is 10.3 Å². The van der Waals surface area contributed by atoms with Crippen molar-refractivity contribution in [1.82, 2.24) is 14.6 Å². The van der Waals surface area contributed by atoms with E-state index in [1.54, 1.807) is 36.4 Å². The molecule has 0 radical (unpaired) electrons. The molecule has 0 spiro atoms. The molecule has 7 nitrogen and oxygen atoms in total. The average molecular weight is 540 g/mol. The van der Waals surface area contributed by atoms with Crippen molar-refractivity contribution < 1.29 is 35.5 Å². The Morgan fingerprint density at radius 1 is 1.05 bits per heavy atom. The Hall–Kier alpha value is -3.51. The van der Waals surface area contributed by atoms with Gasteiger partial charge in [-0.3, -0.25) is 4.98 Å². The van der Waals surface area contributed by atoms with Crippen LogP contribution in [-0.4, -0.2) is 42.6 Å². The number of hydrogen-bond acceptors (Lipinski definition) is 5. The lowest BCUT2D eigenvalue weighted by Gasteiger charge is -2.23. The lowest BCUT2D eigenvalue weighted by Crippen LogP contribution is -2.44. The first-order chi connectivity index (χ1) is 17.4. The number of alkyl carbamates (subject to hydrolysis) is 1. The van der Waals surface area contributed by atoms with Crippen molar-refractivity contribution in [2.24, 2.45) is 0 Å². The number of aromatic nitrogens is 1. The Morgan fingerprint density at radius 3 is 2.41 bits per heavy atom. The van der Waals surface area contributed by atoms with Gasteiger partial charge < -0.3 is 10.1 Å². The Labute approximate surface area is 212 Å². The largest absolute Gasteiger partial charge is 0.445 e. The molecule has 0 saturated heterocycles. The summed E-state index contributed by atoms with van der Waals surface area (Å²) in [7, 11) is -2.92. The van der Waals surface area contributed by atoms with Gasteiger partial charge in [0.15, 0.2) is 0 Å². The van der Waals surface area contributed by atoms with Crippen molar-refractivity contribution in [3.63, 3.8) is 0 Å². The number of nitrogens with one attached hydrogen (secondary N) is 1. The Bertz CT molecular complexity index is 1300. The molecule has 0 aliphatic heterocycles. The molecular formula is C25H25F4N3O4S. The molecule has 0 bridgehead atoms. The Morgan fingerprint density at radius 2 is 1.73 bits per heavy atom. The number of amides is 1. The molecule has 0 saturated carbocycles. The number of benzene rings is 2. The van der Waals surface area contributed by atoms with E-state index < -0.39 is 45.5 Å². The SMILES string of the molecule is CN(Cc1cncc(C(F)(F)F)c1)S(=O)(=O)C[C@@H](Cc1ccccc1F)NC(=O)OCc1ccccc1. The highest BCUT2D eigenvalue weighted by atomic mass is 32.2. The number of carbonyl (C=O) groups is 1. The van der Waals surface area contributed by atoms with Crippen LogP contribution < -0.4 is 5.32 Å². The smallest absolute Gasteiger partial charge is 0.417 e. The minimum atomic E-state index is -4.63. The number of nitrogens with zero attached hydrogens (tertiary/aromatic N) is 2. The van der Waals surface area contributed by atoms with Gasteiger partial charge in [-0.25, -0.2) is 21.9 Å². The average Bonchev–Trinajstić information content (AvgIpc) is 2.84. The number of hydrogen-bond donors (Lipinski definition) is 1. The molecular weight excluding hydrogens is 514 g/mol. The van der Waals surface area contributed by atoms with Crippen LogP contribution in [-0.2, 0) is 40.5 Å². The molecule has 1 N–H and O–H groups in total. The highest BCUT2D eigenvalue weighted by Crippen LogP contribution is 2.29. The molecule has 0 fully saturated rings. The molecule has 37 heavy (non-hydrogen) atoms. The number of carbonyl (C=O) groups excluding carboxylic acids is 1. The van der Waals surface area contributed by atoms with E-state index in [1.807, 2.05) is 0 Å². The second kappa shape index (κ2) is 12.2. The highest BCUT2D eigenvalue weighted by molar-refractivity contribution is 7.89. The lowest BCUT2D eigenvalue weighted by atomic mass is 10.1. The summed E-state index contributed by atoms with van der Waals surface area (Å²) in [6.07, 6.45) is -3.91. The van der Waals surface area contributed by atoms with E-state index in [-0.39, 0.29) is 30.7 Å². The third-order valence-corrected chi connectivity index (χ3v) is 7.28. The van der Waals surface area contributed by atoms with E-state index in [0.717, 1.165) is 16.6 Å². The second-order valence-corrected chi connectivity index (χ2v) is 10.4. The molecule has 3 aromatic rings. The van der Waals surface area contributed by atoms with E-state index in [0.29, 0.717) is 11.8 Å². The number of rotatable bonds is 10. The predicted octanol–water partition coefficient (Wildman–Crippen LogP) is 4.54. The van der Waals surface area contributed by atoms with Gasteiger partial charge in [0.1, 0.15) is 12.4 Å². The van der Waals surface area contributed by atoms with Gasteiger partial charge in [-0.15, -0.1) is 0 Å². The summed E-state index contributed by atoms with van der Waals surface area (Å²) >= 11 is 0. The van der Waals surface area contributed by atoms with Gasteiger partial charge in [-0.2, -0.15) is 13.2 Å². The van der Waals surface area contributed by atoms with Gasteiger partial charge in [0, 0.05) is 26.0 Å². The molecule has 12 heteroatoms. The molecule has 0 aliphatic rings. The molecule has 3 rings (SSSR count). The zero-order chi connectivity index (χ0) is 27.1. The number of ether oxygens (including phenoxy) is 1. The van der Waals surface area contributed by atoms with Crippen LogP contribution in [0.2, 0.25) is 0 Å². The fraction of sp³-hybridized carbons (Fsp3) is 0.280. The van der Waals surface area contributed by atoms with Gasteiger partial charge in [-0.1, -0.05) is 48.5 Å². The summed E-state index contributed by atoms with van der Waals surface area (Å²) < 4.78 is 85.4. The highest BCUT2D eigenvalue weighted by Gasteiger charge is 2.32. The standard InChI is InChI=1S/C25H25F4N3O4S/c1-32(15-19-11-21(14-30-13-19)25(27,28)29)37(34,35)17-22(12-20-9-5-6-10-23(20)26)31-24(33)36-16-18-7-3-2-4-8-18/h2-11,13-14,22H,12,15-17H2,1H3,(H,31,33)/t22-/m1/s1. The van der Waals surface area contributed by atoms with E-state index in [1.165, 1.54) is 25.2 Å². The molecule has 1 heterocycles. The first-order valence-electron chi connectivity index (χ1n) is 11.1. The van der Waals surface area contributed by atoms with E-state index >= 15 is 0 Å². The summed E-state index contributed by atoms with van der Waals surface area (Å²) in [6, 6.07) is 14.3. The van der Waals surface area contributed by atoms with Crippen molar-refractivity contribution in [2.75, 3.05) is 12.8 Å². The predicted molar refractivity (Wildman–Crippen MR) is 128 cm³/mol. The summed E-state index contributed by atoms with van der Waals surface area (Å²) in [6.45, 7) is -0.446. The third-order valence-electron chi connectivity index (χ3n) is 5.37. The van der Waals surface area contributed by atoms with E-state index in [4.69, 9.17) is 4.74 Å². The molecule has 2 aromatic carbocycles. The van der Waals surface area contributed by atoms with Crippen molar-refractivity contribution in [3.8, 4) is 0 Å². The van der Waals surface area contributed by atoms with Gasteiger partial charge in [0.05, 0.1) is 17.4 Å². The minimum Gasteiger partial charge on any atom is -0.445 e. The third kappa shape index (κ3) is 8.53. The van der Waals surface area contributed by atoms with E-state index in [9.17, 15) is 30.8 Å². The summed E-state index contributed by atoms with van der Waals surface area (Å²) in [5.74, 6) is -1.22. The van der Waals surface area contributed by atoms with Crippen LogP contribution in [0.15, 0.2) is 73.1 Å².